The second-order valence-corrected chi connectivity index (χ2v) is 5.82. The SMILES string of the molecule is Oc1ccc(-c2ccc3nc(-c4ccc(O)c(Cl)c4)oc3c2)cc1. The van der Waals surface area contributed by atoms with Crippen LogP contribution in [-0.2, 0) is 0 Å². The molecule has 3 aromatic carbocycles. The summed E-state index contributed by atoms with van der Waals surface area (Å²) in [5, 5.41) is 19.2. The van der Waals surface area contributed by atoms with E-state index >= 15 is 0 Å². The molecule has 0 saturated carbocycles. The highest BCUT2D eigenvalue weighted by molar-refractivity contribution is 6.32. The average Bonchev–Trinajstić information content (AvgIpc) is 3.01. The number of fused-ring (bicyclic) bond motifs is 1. The molecular weight excluding hydrogens is 326 g/mol. The van der Waals surface area contributed by atoms with Crippen LogP contribution in [-0.4, -0.2) is 15.2 Å². The molecule has 2 N–H and O–H groups in total. The Hall–Kier alpha value is -2.98. The summed E-state index contributed by atoms with van der Waals surface area (Å²) in [4.78, 5) is 4.46. The van der Waals surface area contributed by atoms with Gasteiger partial charge >= 0.3 is 0 Å². The first kappa shape index (κ1) is 14.6. The number of hydrogen-bond acceptors (Lipinski definition) is 4. The minimum atomic E-state index is 0.0196. The monoisotopic (exact) mass is 337 g/mol. The van der Waals surface area contributed by atoms with Crippen molar-refractivity contribution < 1.29 is 14.6 Å². The van der Waals surface area contributed by atoms with Crippen LogP contribution in [0.2, 0.25) is 5.02 Å². The Morgan fingerprint density at radius 2 is 1.50 bits per heavy atom. The maximum absolute atomic E-state index is 9.51. The second kappa shape index (κ2) is 5.58. The van der Waals surface area contributed by atoms with E-state index in [9.17, 15) is 10.2 Å². The molecule has 5 heteroatoms. The number of aromatic hydroxyl groups is 2. The number of hydrogen-bond donors (Lipinski definition) is 2. The third-order valence-electron chi connectivity index (χ3n) is 3.78. The van der Waals surface area contributed by atoms with Crippen LogP contribution in [0.4, 0.5) is 0 Å². The molecule has 0 bridgehead atoms. The van der Waals surface area contributed by atoms with Crippen LogP contribution in [0.3, 0.4) is 0 Å². The van der Waals surface area contributed by atoms with Crippen molar-refractivity contribution in [3.8, 4) is 34.1 Å². The van der Waals surface area contributed by atoms with Gasteiger partial charge in [-0.15, -0.1) is 0 Å². The molecule has 1 heterocycles. The topological polar surface area (TPSA) is 66.5 Å². The Kier molecular flexibility index (Phi) is 3.40. The lowest BCUT2D eigenvalue weighted by Gasteiger charge is -2.01. The van der Waals surface area contributed by atoms with Crippen molar-refractivity contribution in [1.29, 1.82) is 0 Å². The van der Waals surface area contributed by atoms with E-state index in [1.807, 2.05) is 30.3 Å². The number of benzene rings is 3. The van der Waals surface area contributed by atoms with Crippen molar-refractivity contribution in [2.75, 3.05) is 0 Å². The predicted octanol–water partition coefficient (Wildman–Crippen LogP) is 5.23. The minimum absolute atomic E-state index is 0.0196. The largest absolute Gasteiger partial charge is 0.508 e. The molecule has 118 valence electrons. The van der Waals surface area contributed by atoms with Crippen molar-refractivity contribution in [3.05, 3.63) is 65.7 Å². The number of halogens is 1. The summed E-state index contributed by atoms with van der Waals surface area (Å²) >= 11 is 5.94. The van der Waals surface area contributed by atoms with Crippen LogP contribution in [0, 0.1) is 0 Å². The maximum Gasteiger partial charge on any atom is 0.227 e. The zero-order chi connectivity index (χ0) is 16.7. The Morgan fingerprint density at radius 3 is 2.25 bits per heavy atom. The molecule has 24 heavy (non-hydrogen) atoms. The van der Waals surface area contributed by atoms with Gasteiger partial charge in [0.25, 0.3) is 0 Å². The number of phenols is 2. The molecule has 4 rings (SSSR count). The highest BCUT2D eigenvalue weighted by Crippen LogP contribution is 2.32. The van der Waals surface area contributed by atoms with Gasteiger partial charge in [-0.25, -0.2) is 4.98 Å². The lowest BCUT2D eigenvalue weighted by molar-refractivity contribution is 0.475. The van der Waals surface area contributed by atoms with E-state index in [1.54, 1.807) is 24.3 Å². The van der Waals surface area contributed by atoms with E-state index in [2.05, 4.69) is 4.98 Å². The first-order chi connectivity index (χ1) is 11.6. The van der Waals surface area contributed by atoms with E-state index < -0.39 is 0 Å². The quantitative estimate of drug-likeness (QED) is 0.526. The Morgan fingerprint density at radius 1 is 0.792 bits per heavy atom. The number of rotatable bonds is 2. The zero-order valence-corrected chi connectivity index (χ0v) is 13.2. The maximum atomic E-state index is 9.51. The number of nitrogens with zero attached hydrogens (tertiary/aromatic N) is 1. The van der Waals surface area contributed by atoms with E-state index in [0.29, 0.717) is 17.0 Å². The van der Waals surface area contributed by atoms with Crippen LogP contribution in [0.1, 0.15) is 0 Å². The third-order valence-corrected chi connectivity index (χ3v) is 4.09. The van der Waals surface area contributed by atoms with Crippen LogP contribution in [0.25, 0.3) is 33.7 Å². The molecule has 4 aromatic rings. The Balaban J connectivity index is 1.78. The van der Waals surface area contributed by atoms with Gasteiger partial charge in [-0.3, -0.25) is 0 Å². The van der Waals surface area contributed by atoms with E-state index in [4.69, 9.17) is 16.0 Å². The molecule has 0 radical (unpaired) electrons. The van der Waals surface area contributed by atoms with Gasteiger partial charge in [-0.1, -0.05) is 29.8 Å². The van der Waals surface area contributed by atoms with Gasteiger partial charge in [0.05, 0.1) is 5.02 Å². The van der Waals surface area contributed by atoms with Crippen molar-refractivity contribution in [2.24, 2.45) is 0 Å². The van der Waals surface area contributed by atoms with Crippen molar-refractivity contribution in [3.63, 3.8) is 0 Å². The molecular formula is C19H12ClNO3. The summed E-state index contributed by atoms with van der Waals surface area (Å²) in [7, 11) is 0. The van der Waals surface area contributed by atoms with Gasteiger partial charge in [-0.2, -0.15) is 0 Å². The minimum Gasteiger partial charge on any atom is -0.508 e. The fraction of sp³-hybridized carbons (Fsp3) is 0. The first-order valence-corrected chi connectivity index (χ1v) is 7.67. The second-order valence-electron chi connectivity index (χ2n) is 5.41. The molecule has 0 aliphatic rings. The highest BCUT2D eigenvalue weighted by Gasteiger charge is 2.11. The lowest BCUT2D eigenvalue weighted by Crippen LogP contribution is -1.78. The number of aromatic nitrogens is 1. The zero-order valence-electron chi connectivity index (χ0n) is 12.4. The van der Waals surface area contributed by atoms with Gasteiger partial charge in [0.2, 0.25) is 5.89 Å². The molecule has 0 spiro atoms. The lowest BCUT2D eigenvalue weighted by atomic mass is 10.1. The summed E-state index contributed by atoms with van der Waals surface area (Å²) < 4.78 is 5.83. The van der Waals surface area contributed by atoms with Crippen LogP contribution >= 0.6 is 11.6 Å². The van der Waals surface area contributed by atoms with Gasteiger partial charge in [0.1, 0.15) is 17.0 Å². The van der Waals surface area contributed by atoms with Crippen molar-refractivity contribution in [1.82, 2.24) is 4.98 Å². The first-order valence-electron chi connectivity index (χ1n) is 7.29. The molecule has 0 aliphatic carbocycles. The van der Waals surface area contributed by atoms with Gasteiger partial charge < -0.3 is 14.6 Å². The number of oxazole rings is 1. The van der Waals surface area contributed by atoms with Gasteiger partial charge in [0.15, 0.2) is 5.58 Å². The molecule has 0 unspecified atom stereocenters. The highest BCUT2D eigenvalue weighted by atomic mass is 35.5. The standard InChI is InChI=1S/C19H12ClNO3/c20-15-9-13(4-8-17(15)23)19-21-16-7-3-12(10-18(16)24-19)11-1-5-14(22)6-2-11/h1-10,22-23H. The molecule has 1 aromatic heterocycles. The van der Waals surface area contributed by atoms with Gasteiger partial charge in [-0.05, 0) is 53.6 Å². The molecule has 0 aliphatic heterocycles. The Labute approximate surface area is 142 Å². The number of phenolic OH excluding ortho intramolecular Hbond substituents is 2. The molecule has 0 amide bonds. The Bertz CT molecular complexity index is 1040. The average molecular weight is 338 g/mol. The molecule has 0 fully saturated rings. The fourth-order valence-corrected chi connectivity index (χ4v) is 2.70. The van der Waals surface area contributed by atoms with E-state index in [1.165, 1.54) is 6.07 Å². The van der Waals surface area contributed by atoms with Crippen LogP contribution < -0.4 is 0 Å². The summed E-state index contributed by atoms with van der Waals surface area (Å²) in [5.74, 6) is 0.687. The van der Waals surface area contributed by atoms with E-state index in [-0.39, 0.29) is 16.5 Å². The smallest absolute Gasteiger partial charge is 0.227 e. The molecule has 0 saturated heterocycles. The van der Waals surface area contributed by atoms with Crippen LogP contribution in [0.5, 0.6) is 11.5 Å². The summed E-state index contributed by atoms with van der Waals surface area (Å²) in [6, 6.07) is 17.5. The van der Waals surface area contributed by atoms with Gasteiger partial charge in [0, 0.05) is 5.56 Å². The summed E-state index contributed by atoms with van der Waals surface area (Å²) in [6.07, 6.45) is 0. The molecule has 0 atom stereocenters. The normalized spacial score (nSPS) is 11.0. The van der Waals surface area contributed by atoms with Crippen molar-refractivity contribution >= 4 is 22.7 Å². The fourth-order valence-electron chi connectivity index (χ4n) is 2.52. The van der Waals surface area contributed by atoms with E-state index in [0.717, 1.165) is 16.6 Å². The summed E-state index contributed by atoms with van der Waals surface area (Å²) in [6.45, 7) is 0. The third kappa shape index (κ3) is 2.57. The summed E-state index contributed by atoms with van der Waals surface area (Å²) in [5.41, 5.74) is 4.02. The van der Waals surface area contributed by atoms with Crippen molar-refractivity contribution in [2.45, 2.75) is 0 Å². The van der Waals surface area contributed by atoms with Crippen LogP contribution in [0.15, 0.2) is 65.1 Å². The molecule has 4 nitrogen and oxygen atoms in total. The predicted molar refractivity (Wildman–Crippen MR) is 93.2 cm³/mol.